The van der Waals surface area contributed by atoms with Crippen molar-refractivity contribution in [3.63, 3.8) is 0 Å². The van der Waals surface area contributed by atoms with Crippen LogP contribution in [0.2, 0.25) is 0 Å². The normalized spacial score (nSPS) is 15.3. The van der Waals surface area contributed by atoms with Crippen molar-refractivity contribution < 1.29 is 8.81 Å². The third-order valence-electron chi connectivity index (χ3n) is 3.81. The van der Waals surface area contributed by atoms with E-state index in [9.17, 15) is 4.39 Å². The summed E-state index contributed by atoms with van der Waals surface area (Å²) in [6.07, 6.45) is 4.48. The Labute approximate surface area is 113 Å². The van der Waals surface area contributed by atoms with E-state index in [4.69, 9.17) is 4.42 Å². The molecular weight excluding hydrogens is 241 g/mol. The van der Waals surface area contributed by atoms with Gasteiger partial charge in [0.25, 0.3) is 0 Å². The lowest BCUT2D eigenvalue weighted by molar-refractivity contribution is 0.487. The van der Waals surface area contributed by atoms with Crippen molar-refractivity contribution in [1.82, 2.24) is 5.32 Å². The van der Waals surface area contributed by atoms with Gasteiger partial charge in [0, 0.05) is 17.0 Å². The van der Waals surface area contributed by atoms with Gasteiger partial charge < -0.3 is 9.73 Å². The summed E-state index contributed by atoms with van der Waals surface area (Å²) in [7, 11) is 0. The van der Waals surface area contributed by atoms with Crippen LogP contribution in [0.4, 0.5) is 4.39 Å². The molecule has 3 rings (SSSR count). The minimum Gasteiger partial charge on any atom is -0.456 e. The van der Waals surface area contributed by atoms with E-state index in [-0.39, 0.29) is 5.82 Å². The Morgan fingerprint density at radius 1 is 1.37 bits per heavy atom. The van der Waals surface area contributed by atoms with Gasteiger partial charge in [-0.3, -0.25) is 0 Å². The number of fused-ring (bicyclic) bond motifs is 1. The molecule has 0 radical (unpaired) electrons. The highest BCUT2D eigenvalue weighted by Crippen LogP contribution is 2.31. The summed E-state index contributed by atoms with van der Waals surface area (Å²) < 4.78 is 19.9. The van der Waals surface area contributed by atoms with Gasteiger partial charge in [-0.15, -0.1) is 0 Å². The second-order valence-electron chi connectivity index (χ2n) is 5.48. The molecule has 19 heavy (non-hydrogen) atoms. The summed E-state index contributed by atoms with van der Waals surface area (Å²) in [6.45, 7) is 4.63. The zero-order valence-corrected chi connectivity index (χ0v) is 11.6. The molecule has 1 fully saturated rings. The number of benzene rings is 1. The van der Waals surface area contributed by atoms with E-state index < -0.39 is 0 Å². The van der Waals surface area contributed by atoms with Crippen molar-refractivity contribution in [1.29, 1.82) is 0 Å². The number of hydrogen-bond acceptors (Lipinski definition) is 2. The van der Waals surface area contributed by atoms with E-state index in [1.54, 1.807) is 6.92 Å². The molecule has 0 bridgehead atoms. The first kappa shape index (κ1) is 12.7. The van der Waals surface area contributed by atoms with Crippen molar-refractivity contribution in [2.45, 2.75) is 52.1 Å². The second-order valence-corrected chi connectivity index (χ2v) is 5.48. The van der Waals surface area contributed by atoms with Crippen LogP contribution >= 0.6 is 0 Å². The zero-order valence-electron chi connectivity index (χ0n) is 11.6. The summed E-state index contributed by atoms with van der Waals surface area (Å²) in [5, 5.41) is 4.39. The zero-order chi connectivity index (χ0) is 13.4. The fourth-order valence-corrected chi connectivity index (χ4v) is 2.52. The molecule has 3 heteroatoms. The Balaban J connectivity index is 2.02. The standard InChI is InChI=1S/C16H20FNO/c1-3-4-12-13-8-5-10(2)15(17)16(13)19-14(12)9-18-11-6-7-11/h5,8,11,18H,3-4,6-7,9H2,1-2H3. The molecule has 1 aromatic carbocycles. The van der Waals surface area contributed by atoms with Gasteiger partial charge in [-0.1, -0.05) is 25.5 Å². The van der Waals surface area contributed by atoms with Crippen molar-refractivity contribution in [3.8, 4) is 0 Å². The van der Waals surface area contributed by atoms with Crippen LogP contribution < -0.4 is 5.32 Å². The van der Waals surface area contributed by atoms with Crippen LogP contribution in [0.25, 0.3) is 11.0 Å². The molecule has 1 aromatic heterocycles. The number of rotatable bonds is 5. The van der Waals surface area contributed by atoms with Gasteiger partial charge in [0.05, 0.1) is 6.54 Å². The molecule has 1 saturated carbocycles. The summed E-state index contributed by atoms with van der Waals surface area (Å²) in [5.74, 6) is 0.695. The topological polar surface area (TPSA) is 25.2 Å². The minimum absolute atomic E-state index is 0.215. The predicted molar refractivity (Wildman–Crippen MR) is 74.8 cm³/mol. The van der Waals surface area contributed by atoms with Crippen LogP contribution in [0.5, 0.6) is 0 Å². The van der Waals surface area contributed by atoms with Crippen molar-refractivity contribution in [3.05, 3.63) is 34.8 Å². The molecule has 102 valence electrons. The predicted octanol–water partition coefficient (Wildman–Crippen LogP) is 4.08. The molecule has 0 saturated heterocycles. The quantitative estimate of drug-likeness (QED) is 0.877. The molecule has 0 unspecified atom stereocenters. The van der Waals surface area contributed by atoms with Crippen LogP contribution in [0.3, 0.4) is 0 Å². The Morgan fingerprint density at radius 3 is 2.84 bits per heavy atom. The largest absolute Gasteiger partial charge is 0.456 e. The maximum atomic E-state index is 14.1. The van der Waals surface area contributed by atoms with Gasteiger partial charge in [0.1, 0.15) is 5.76 Å². The summed E-state index contributed by atoms with van der Waals surface area (Å²) >= 11 is 0. The number of nitrogens with one attached hydrogen (secondary N) is 1. The number of hydrogen-bond donors (Lipinski definition) is 1. The Bertz CT molecular complexity index is 598. The summed E-state index contributed by atoms with van der Waals surface area (Å²) in [5.41, 5.74) is 2.24. The van der Waals surface area contributed by atoms with E-state index in [1.165, 1.54) is 18.4 Å². The van der Waals surface area contributed by atoms with Crippen LogP contribution in [-0.4, -0.2) is 6.04 Å². The molecule has 1 aliphatic rings. The molecular formula is C16H20FNO. The smallest absolute Gasteiger partial charge is 0.170 e. The molecule has 0 spiro atoms. The number of furan rings is 1. The number of aryl methyl sites for hydroxylation is 2. The molecule has 1 aliphatic carbocycles. The molecule has 1 N–H and O–H groups in total. The highest BCUT2D eigenvalue weighted by atomic mass is 19.1. The SMILES string of the molecule is CCCc1c(CNC2CC2)oc2c(F)c(C)ccc12. The fraction of sp³-hybridized carbons (Fsp3) is 0.500. The molecule has 0 aliphatic heterocycles. The third kappa shape index (κ3) is 2.39. The van der Waals surface area contributed by atoms with Gasteiger partial charge in [-0.25, -0.2) is 4.39 Å². The lowest BCUT2D eigenvalue weighted by atomic mass is 10.0. The van der Waals surface area contributed by atoms with Crippen molar-refractivity contribution >= 4 is 11.0 Å². The van der Waals surface area contributed by atoms with Gasteiger partial charge in [0.2, 0.25) is 0 Å². The monoisotopic (exact) mass is 261 g/mol. The van der Waals surface area contributed by atoms with E-state index in [2.05, 4.69) is 12.2 Å². The highest BCUT2D eigenvalue weighted by molar-refractivity contribution is 5.83. The Kier molecular flexibility index (Phi) is 3.31. The van der Waals surface area contributed by atoms with Crippen LogP contribution in [-0.2, 0) is 13.0 Å². The molecule has 1 heterocycles. The third-order valence-corrected chi connectivity index (χ3v) is 3.81. The first-order valence-corrected chi connectivity index (χ1v) is 7.13. The summed E-state index contributed by atoms with van der Waals surface area (Å²) in [6, 6.07) is 4.46. The van der Waals surface area contributed by atoms with E-state index in [0.29, 0.717) is 23.7 Å². The van der Waals surface area contributed by atoms with Gasteiger partial charge in [-0.05, 0) is 31.7 Å². The Morgan fingerprint density at radius 2 is 2.16 bits per heavy atom. The van der Waals surface area contributed by atoms with E-state index >= 15 is 0 Å². The van der Waals surface area contributed by atoms with Gasteiger partial charge in [-0.2, -0.15) is 0 Å². The average molecular weight is 261 g/mol. The maximum Gasteiger partial charge on any atom is 0.170 e. The van der Waals surface area contributed by atoms with Crippen LogP contribution in [0, 0.1) is 12.7 Å². The molecule has 0 atom stereocenters. The van der Waals surface area contributed by atoms with Crippen LogP contribution in [0.1, 0.15) is 43.1 Å². The number of halogens is 1. The van der Waals surface area contributed by atoms with E-state index in [1.807, 2.05) is 12.1 Å². The van der Waals surface area contributed by atoms with E-state index in [0.717, 1.165) is 24.0 Å². The van der Waals surface area contributed by atoms with Gasteiger partial charge in [0.15, 0.2) is 11.4 Å². The lowest BCUT2D eigenvalue weighted by Gasteiger charge is -2.02. The van der Waals surface area contributed by atoms with Crippen LogP contribution in [0.15, 0.2) is 16.5 Å². The molecule has 2 aromatic rings. The average Bonchev–Trinajstić information content (AvgIpc) is 3.16. The molecule has 0 amide bonds. The van der Waals surface area contributed by atoms with Crippen molar-refractivity contribution in [2.24, 2.45) is 0 Å². The first-order chi connectivity index (χ1) is 9.20. The fourth-order valence-electron chi connectivity index (χ4n) is 2.52. The Hall–Kier alpha value is -1.35. The molecule has 2 nitrogen and oxygen atoms in total. The lowest BCUT2D eigenvalue weighted by Crippen LogP contribution is -2.15. The minimum atomic E-state index is -0.215. The first-order valence-electron chi connectivity index (χ1n) is 7.13. The highest BCUT2D eigenvalue weighted by Gasteiger charge is 2.23. The van der Waals surface area contributed by atoms with Gasteiger partial charge >= 0.3 is 0 Å². The summed E-state index contributed by atoms with van der Waals surface area (Å²) in [4.78, 5) is 0. The maximum absolute atomic E-state index is 14.1. The van der Waals surface area contributed by atoms with Crippen molar-refractivity contribution in [2.75, 3.05) is 0 Å². The second kappa shape index (κ2) is 4.97.